The number of benzene rings is 1. The third kappa shape index (κ3) is 4.64. The van der Waals surface area contributed by atoms with Gasteiger partial charge in [0, 0.05) is 31.4 Å². The number of amides is 1. The van der Waals surface area contributed by atoms with E-state index >= 15 is 4.39 Å². The first kappa shape index (κ1) is 28.3. The van der Waals surface area contributed by atoms with Gasteiger partial charge in [-0.15, -0.1) is 0 Å². The Morgan fingerprint density at radius 3 is 2.78 bits per heavy atom. The Kier molecular flexibility index (Phi) is 6.75. The molecule has 2 aliphatic carbocycles. The van der Waals surface area contributed by atoms with Gasteiger partial charge in [-0.3, -0.25) is 14.7 Å². The van der Waals surface area contributed by atoms with E-state index in [-0.39, 0.29) is 42.3 Å². The Morgan fingerprint density at radius 2 is 2.00 bits per heavy atom. The van der Waals surface area contributed by atoms with E-state index < -0.39 is 23.6 Å². The molecule has 4 fully saturated rings. The topological polar surface area (TPSA) is 98.5 Å². The van der Waals surface area contributed by atoms with E-state index in [0.29, 0.717) is 36.2 Å². The molecule has 1 amide bonds. The summed E-state index contributed by atoms with van der Waals surface area (Å²) in [5.74, 6) is -0.875. The minimum atomic E-state index is -1.06. The maximum atomic E-state index is 16.7. The van der Waals surface area contributed by atoms with Crippen LogP contribution in [0.3, 0.4) is 0 Å². The lowest BCUT2D eigenvalue weighted by molar-refractivity contribution is -0.131. The fraction of sp³-hybridized carbons (Fsp3) is 0.500. The smallest absolute Gasteiger partial charge is 0.319 e. The second-order valence-electron chi connectivity index (χ2n) is 13.3. The summed E-state index contributed by atoms with van der Waals surface area (Å²) in [6.45, 7) is 6.33. The summed E-state index contributed by atoms with van der Waals surface area (Å²) in [6, 6.07) is 7.66. The van der Waals surface area contributed by atoms with Gasteiger partial charge >= 0.3 is 6.01 Å². The van der Waals surface area contributed by atoms with Crippen molar-refractivity contribution in [2.75, 3.05) is 44.2 Å². The van der Waals surface area contributed by atoms with Gasteiger partial charge in [-0.2, -0.15) is 15.2 Å². The number of nitriles is 1. The van der Waals surface area contributed by atoms with Crippen LogP contribution in [0.2, 0.25) is 0 Å². The monoisotopic (exact) mass is 611 g/mol. The molecule has 11 heteroatoms. The minimum absolute atomic E-state index is 0.00170. The Labute approximate surface area is 260 Å². The molecule has 5 aliphatic rings. The lowest BCUT2D eigenvalue weighted by Gasteiger charge is -2.41. The van der Waals surface area contributed by atoms with Crippen LogP contribution in [0.15, 0.2) is 36.8 Å². The van der Waals surface area contributed by atoms with Crippen LogP contribution in [0.5, 0.6) is 6.01 Å². The molecular formula is C34H35F2N7O2. The van der Waals surface area contributed by atoms with E-state index in [1.54, 1.807) is 6.20 Å². The van der Waals surface area contributed by atoms with Gasteiger partial charge in [0.2, 0.25) is 0 Å². The van der Waals surface area contributed by atoms with Crippen molar-refractivity contribution in [2.24, 2.45) is 5.92 Å². The minimum Gasteiger partial charge on any atom is -0.461 e. The van der Waals surface area contributed by atoms with E-state index in [1.165, 1.54) is 16.0 Å². The highest BCUT2D eigenvalue weighted by atomic mass is 19.1. The van der Waals surface area contributed by atoms with Gasteiger partial charge in [-0.25, -0.2) is 8.78 Å². The molecule has 0 radical (unpaired) electrons. The molecule has 3 atom stereocenters. The third-order valence-corrected chi connectivity index (χ3v) is 10.8. The number of fused-ring (bicyclic) bond motifs is 5. The van der Waals surface area contributed by atoms with Crippen LogP contribution in [0, 0.1) is 23.1 Å². The number of carbonyl (C=O) groups is 1. The molecule has 232 valence electrons. The largest absolute Gasteiger partial charge is 0.461 e. The summed E-state index contributed by atoms with van der Waals surface area (Å²) in [5, 5.41) is 9.93. The summed E-state index contributed by atoms with van der Waals surface area (Å²) in [7, 11) is 0. The van der Waals surface area contributed by atoms with Gasteiger partial charge < -0.3 is 14.5 Å². The van der Waals surface area contributed by atoms with Gasteiger partial charge in [0.1, 0.15) is 23.6 Å². The normalized spacial score (nSPS) is 24.7. The highest BCUT2D eigenvalue weighted by Crippen LogP contribution is 2.58. The second kappa shape index (κ2) is 10.7. The van der Waals surface area contributed by atoms with Gasteiger partial charge in [0.15, 0.2) is 11.6 Å². The molecule has 9 nitrogen and oxygen atoms in total. The lowest BCUT2D eigenvalue weighted by atomic mass is 9.95. The van der Waals surface area contributed by atoms with Crippen LogP contribution in [-0.2, 0) is 11.2 Å². The van der Waals surface area contributed by atoms with Crippen molar-refractivity contribution in [1.29, 1.82) is 5.26 Å². The highest BCUT2D eigenvalue weighted by Gasteiger charge is 2.47. The summed E-state index contributed by atoms with van der Waals surface area (Å²) in [6.07, 6.45) is 8.12. The summed E-state index contributed by atoms with van der Waals surface area (Å²) < 4.78 is 36.9. The molecule has 3 aromatic rings. The molecule has 0 bridgehead atoms. The summed E-state index contributed by atoms with van der Waals surface area (Å²) >= 11 is 0. The number of anilines is 1. The van der Waals surface area contributed by atoms with Gasteiger partial charge in [-0.1, -0.05) is 24.8 Å². The quantitative estimate of drug-likeness (QED) is 0.348. The number of rotatable bonds is 7. The standard InChI is InChI=1S/C34H35F2N7O2/c1-20(35)32(44)43-14-13-41(18-23(43)7-10-37)31-26-17-38-29(24-6-2-5-21-15-22-16-25(22)27(21)24)28(36)30(26)39-33(40-31)45-19-34-8-3-11-42(34)12-4-9-34/h2,5-6,17,22-23,25H,1,3-4,7-9,11-16,18-19H2/t22-,23+,25+/m1/s1. The lowest BCUT2D eigenvalue weighted by Crippen LogP contribution is -2.55. The van der Waals surface area contributed by atoms with Crippen LogP contribution < -0.4 is 9.64 Å². The molecular weight excluding hydrogens is 576 g/mol. The average molecular weight is 612 g/mol. The molecule has 2 aromatic heterocycles. The maximum Gasteiger partial charge on any atom is 0.319 e. The van der Waals surface area contributed by atoms with E-state index in [9.17, 15) is 14.4 Å². The number of nitrogens with zero attached hydrogens (tertiary/aromatic N) is 7. The molecule has 0 unspecified atom stereocenters. The van der Waals surface area contributed by atoms with Crippen LogP contribution in [0.4, 0.5) is 14.6 Å². The Hall–Kier alpha value is -4.17. The van der Waals surface area contributed by atoms with Crippen molar-refractivity contribution in [3.63, 3.8) is 0 Å². The first-order chi connectivity index (χ1) is 21.9. The Morgan fingerprint density at radius 1 is 1.18 bits per heavy atom. The fourth-order valence-corrected chi connectivity index (χ4v) is 8.47. The van der Waals surface area contributed by atoms with E-state index in [0.717, 1.165) is 57.2 Å². The Bertz CT molecular complexity index is 1760. The number of aromatic nitrogens is 3. The first-order valence-corrected chi connectivity index (χ1v) is 16.0. The summed E-state index contributed by atoms with van der Waals surface area (Å²) in [5.41, 5.74) is 3.64. The number of hydrogen-bond donors (Lipinski definition) is 0. The van der Waals surface area contributed by atoms with E-state index in [2.05, 4.69) is 33.6 Å². The van der Waals surface area contributed by atoms with Crippen molar-refractivity contribution >= 4 is 22.6 Å². The van der Waals surface area contributed by atoms with Gasteiger partial charge in [-0.05, 0) is 74.6 Å². The Balaban J connectivity index is 1.20. The van der Waals surface area contributed by atoms with Crippen LogP contribution in [-0.4, -0.2) is 81.6 Å². The molecule has 5 heterocycles. The molecule has 0 N–H and O–H groups in total. The number of piperazine rings is 1. The molecule has 1 aromatic carbocycles. The second-order valence-corrected chi connectivity index (χ2v) is 13.3. The number of halogens is 2. The molecule has 3 aliphatic heterocycles. The molecule has 0 spiro atoms. The van der Waals surface area contributed by atoms with Crippen molar-refractivity contribution in [3.05, 3.63) is 53.7 Å². The zero-order chi connectivity index (χ0) is 30.9. The molecule has 45 heavy (non-hydrogen) atoms. The number of carbonyl (C=O) groups excluding carboxylic acids is 1. The number of pyridine rings is 1. The predicted octanol–water partition coefficient (Wildman–Crippen LogP) is 4.91. The third-order valence-electron chi connectivity index (χ3n) is 10.8. The van der Waals surface area contributed by atoms with Crippen molar-refractivity contribution < 1.29 is 18.3 Å². The molecule has 1 saturated carbocycles. The van der Waals surface area contributed by atoms with Crippen LogP contribution in [0.25, 0.3) is 22.2 Å². The van der Waals surface area contributed by atoms with Crippen molar-refractivity contribution in [3.8, 4) is 23.3 Å². The first-order valence-electron chi connectivity index (χ1n) is 16.0. The van der Waals surface area contributed by atoms with Gasteiger partial charge in [0.25, 0.3) is 5.91 Å². The van der Waals surface area contributed by atoms with E-state index in [4.69, 9.17) is 9.72 Å². The zero-order valence-electron chi connectivity index (χ0n) is 25.1. The highest BCUT2D eigenvalue weighted by molar-refractivity contribution is 5.93. The number of hydrogen-bond acceptors (Lipinski definition) is 8. The SMILES string of the molecule is C=C(F)C(=O)N1CCN(c2nc(OCC34CCCN3CCC4)nc3c(F)c(-c4cccc5c4[C@H]4C[C@H]4C5)ncc23)C[C@@H]1CC#N. The van der Waals surface area contributed by atoms with Crippen LogP contribution in [0.1, 0.15) is 55.6 Å². The number of ether oxygens (including phenoxy) is 1. The van der Waals surface area contributed by atoms with Crippen molar-refractivity contribution in [2.45, 2.75) is 62.4 Å². The molecule has 3 saturated heterocycles. The fourth-order valence-electron chi connectivity index (χ4n) is 8.47. The van der Waals surface area contributed by atoms with Gasteiger partial charge in [0.05, 0.1) is 29.5 Å². The summed E-state index contributed by atoms with van der Waals surface area (Å²) in [4.78, 5) is 32.4. The van der Waals surface area contributed by atoms with Crippen LogP contribution >= 0.6 is 0 Å². The zero-order valence-corrected chi connectivity index (χ0v) is 25.1. The average Bonchev–Trinajstić information content (AvgIpc) is 3.32. The van der Waals surface area contributed by atoms with E-state index in [1.807, 2.05) is 17.0 Å². The predicted molar refractivity (Wildman–Crippen MR) is 164 cm³/mol. The maximum absolute atomic E-state index is 16.7. The molecule has 8 rings (SSSR count). The van der Waals surface area contributed by atoms with Crippen molar-refractivity contribution in [1.82, 2.24) is 24.8 Å².